The van der Waals surface area contributed by atoms with Crippen LogP contribution in [0.15, 0.2) is 72.1 Å². The molecule has 0 saturated carbocycles. The number of benzene rings is 2. The Kier molecular flexibility index (Phi) is 5.20. The van der Waals surface area contributed by atoms with E-state index in [1.54, 1.807) is 66.0 Å². The number of hydrogen-bond acceptors (Lipinski definition) is 3. The van der Waals surface area contributed by atoms with Gasteiger partial charge in [0.2, 0.25) is 0 Å². The van der Waals surface area contributed by atoms with Gasteiger partial charge in [-0.05, 0) is 47.8 Å². The molecule has 2 aromatic carbocycles. The lowest BCUT2D eigenvalue weighted by Crippen LogP contribution is -2.07. The summed E-state index contributed by atoms with van der Waals surface area (Å²) in [5.41, 5.74) is 0.683. The molecule has 0 radical (unpaired) electrons. The first-order valence-corrected chi connectivity index (χ1v) is 11.0. The van der Waals surface area contributed by atoms with Gasteiger partial charge in [-0.3, -0.25) is 0 Å². The molecule has 0 bridgehead atoms. The minimum absolute atomic E-state index is 0.0832. The molecule has 0 spiro atoms. The molecule has 0 aliphatic rings. The molecule has 0 atom stereocenters. The summed E-state index contributed by atoms with van der Waals surface area (Å²) in [6, 6.07) is 17.8. The van der Waals surface area contributed by atoms with Crippen molar-refractivity contribution in [3.05, 3.63) is 87.7 Å². The van der Waals surface area contributed by atoms with Gasteiger partial charge in [0.1, 0.15) is 5.69 Å². The summed E-state index contributed by atoms with van der Waals surface area (Å²) in [5.74, 6) is 0. The average Bonchev–Trinajstić information content (AvgIpc) is 3.41. The van der Waals surface area contributed by atoms with Crippen LogP contribution in [-0.2, 0) is 6.18 Å². The van der Waals surface area contributed by atoms with Crippen LogP contribution in [0.4, 0.5) is 13.2 Å². The van der Waals surface area contributed by atoms with Crippen molar-refractivity contribution in [1.29, 1.82) is 0 Å². The summed E-state index contributed by atoms with van der Waals surface area (Å²) >= 11 is 13.5. The summed E-state index contributed by atoms with van der Waals surface area (Å²) in [7, 11) is 0. The zero-order valence-electron chi connectivity index (χ0n) is 16.1. The minimum atomic E-state index is -4.61. The molecule has 32 heavy (non-hydrogen) atoms. The van der Waals surface area contributed by atoms with Gasteiger partial charge >= 0.3 is 6.18 Å². The predicted molar refractivity (Wildman–Crippen MR) is 123 cm³/mol. The average molecular weight is 490 g/mol. The third-order valence-electron chi connectivity index (χ3n) is 4.89. The molecule has 3 nitrogen and oxygen atoms in total. The highest BCUT2D eigenvalue weighted by Crippen LogP contribution is 2.42. The third-order valence-corrected chi connectivity index (χ3v) is 6.27. The lowest BCUT2D eigenvalue weighted by Gasteiger charge is -2.11. The van der Waals surface area contributed by atoms with Gasteiger partial charge in [0.25, 0.3) is 0 Å². The fraction of sp³-hybridized carbons (Fsp3) is 0.0435. The van der Waals surface area contributed by atoms with Gasteiger partial charge < -0.3 is 0 Å². The van der Waals surface area contributed by atoms with E-state index in [-0.39, 0.29) is 22.4 Å². The second-order valence-corrected chi connectivity index (χ2v) is 8.80. The van der Waals surface area contributed by atoms with E-state index in [1.165, 1.54) is 16.0 Å². The van der Waals surface area contributed by atoms with Gasteiger partial charge in [-0.15, -0.1) is 11.3 Å². The van der Waals surface area contributed by atoms with Crippen LogP contribution >= 0.6 is 34.5 Å². The first-order chi connectivity index (χ1) is 15.3. The van der Waals surface area contributed by atoms with Crippen molar-refractivity contribution in [2.45, 2.75) is 6.18 Å². The SMILES string of the molecule is FC(F)(F)c1cc(-c2cccs2)nc2c1c(-c1ccc(Cl)cc1)nn2-c1cccc(Cl)c1. The van der Waals surface area contributed by atoms with Gasteiger partial charge in [-0.1, -0.05) is 47.5 Å². The van der Waals surface area contributed by atoms with E-state index in [0.29, 0.717) is 26.2 Å². The fourth-order valence-corrected chi connectivity index (χ4v) is 4.48. The first-order valence-electron chi connectivity index (χ1n) is 9.38. The van der Waals surface area contributed by atoms with Crippen molar-refractivity contribution < 1.29 is 13.2 Å². The number of hydrogen-bond donors (Lipinski definition) is 0. The van der Waals surface area contributed by atoms with E-state index in [0.717, 1.165) is 6.07 Å². The Hall–Kier alpha value is -2.87. The van der Waals surface area contributed by atoms with Gasteiger partial charge in [-0.2, -0.15) is 18.3 Å². The Morgan fingerprint density at radius 3 is 2.31 bits per heavy atom. The number of fused-ring (bicyclic) bond motifs is 1. The Bertz CT molecular complexity index is 1430. The molecule has 0 N–H and O–H groups in total. The highest BCUT2D eigenvalue weighted by Gasteiger charge is 2.36. The molecule has 0 saturated heterocycles. The number of nitrogens with zero attached hydrogens (tertiary/aromatic N) is 3. The van der Waals surface area contributed by atoms with Gasteiger partial charge in [0.15, 0.2) is 5.65 Å². The van der Waals surface area contributed by atoms with E-state index in [9.17, 15) is 13.2 Å². The van der Waals surface area contributed by atoms with Crippen molar-refractivity contribution in [3.8, 4) is 27.5 Å². The minimum Gasteiger partial charge on any atom is -0.227 e. The summed E-state index contributed by atoms with van der Waals surface area (Å²) in [5, 5.41) is 7.17. The molecule has 0 amide bonds. The third kappa shape index (κ3) is 3.77. The standard InChI is InChI=1S/C23H12Cl2F3N3S/c24-14-8-6-13(7-9-14)21-20-17(23(26,27)28)12-18(19-5-2-10-32-19)29-22(20)31(30-21)16-4-1-3-15(25)11-16/h1-12H. The fourth-order valence-electron chi connectivity index (χ4n) is 3.49. The van der Waals surface area contributed by atoms with E-state index < -0.39 is 11.7 Å². The van der Waals surface area contributed by atoms with Crippen molar-refractivity contribution in [3.63, 3.8) is 0 Å². The Labute approximate surface area is 194 Å². The van der Waals surface area contributed by atoms with Crippen LogP contribution in [0.5, 0.6) is 0 Å². The van der Waals surface area contributed by atoms with Crippen molar-refractivity contribution in [2.24, 2.45) is 0 Å². The molecule has 3 aromatic heterocycles. The molecule has 160 valence electrons. The first kappa shape index (κ1) is 21.0. The quantitative estimate of drug-likeness (QED) is 0.256. The van der Waals surface area contributed by atoms with E-state index in [1.807, 2.05) is 0 Å². The number of rotatable bonds is 3. The van der Waals surface area contributed by atoms with Crippen molar-refractivity contribution in [2.75, 3.05) is 0 Å². The van der Waals surface area contributed by atoms with Crippen LogP contribution in [0.3, 0.4) is 0 Å². The van der Waals surface area contributed by atoms with Crippen molar-refractivity contribution in [1.82, 2.24) is 14.8 Å². The molecule has 5 rings (SSSR count). The van der Waals surface area contributed by atoms with Crippen LogP contribution in [0.25, 0.3) is 38.5 Å². The van der Waals surface area contributed by atoms with Crippen LogP contribution in [0.2, 0.25) is 10.0 Å². The zero-order chi connectivity index (χ0) is 22.5. The lowest BCUT2D eigenvalue weighted by atomic mass is 10.0. The second-order valence-electron chi connectivity index (χ2n) is 6.98. The smallest absolute Gasteiger partial charge is 0.227 e. The molecule has 0 fully saturated rings. The topological polar surface area (TPSA) is 30.7 Å². The lowest BCUT2D eigenvalue weighted by molar-refractivity contribution is -0.136. The maximum atomic E-state index is 14.3. The number of alkyl halides is 3. The Morgan fingerprint density at radius 2 is 1.66 bits per heavy atom. The number of pyridine rings is 1. The molecular formula is C23H12Cl2F3N3S. The van der Waals surface area contributed by atoms with E-state index in [4.69, 9.17) is 23.2 Å². The molecule has 0 unspecified atom stereocenters. The highest BCUT2D eigenvalue weighted by atomic mass is 35.5. The second kappa shape index (κ2) is 7.92. The Balaban J connectivity index is 1.91. The summed E-state index contributed by atoms with van der Waals surface area (Å²) in [6.07, 6.45) is -4.61. The summed E-state index contributed by atoms with van der Waals surface area (Å²) in [6.45, 7) is 0. The van der Waals surface area contributed by atoms with Crippen LogP contribution in [-0.4, -0.2) is 14.8 Å². The summed E-state index contributed by atoms with van der Waals surface area (Å²) in [4.78, 5) is 5.23. The Morgan fingerprint density at radius 1 is 0.875 bits per heavy atom. The maximum Gasteiger partial charge on any atom is 0.417 e. The molecule has 0 aliphatic heterocycles. The molecule has 0 aliphatic carbocycles. The summed E-state index contributed by atoms with van der Waals surface area (Å²) < 4.78 is 44.2. The molecule has 9 heteroatoms. The molecular weight excluding hydrogens is 478 g/mol. The largest absolute Gasteiger partial charge is 0.417 e. The van der Waals surface area contributed by atoms with Gasteiger partial charge in [0, 0.05) is 15.6 Å². The van der Waals surface area contributed by atoms with Crippen molar-refractivity contribution >= 4 is 45.6 Å². The van der Waals surface area contributed by atoms with Gasteiger partial charge in [0.05, 0.1) is 27.2 Å². The van der Waals surface area contributed by atoms with E-state index >= 15 is 0 Å². The maximum absolute atomic E-state index is 14.3. The molecule has 5 aromatic rings. The molecule has 3 heterocycles. The monoisotopic (exact) mass is 489 g/mol. The van der Waals surface area contributed by atoms with Crippen LogP contribution in [0, 0.1) is 0 Å². The van der Waals surface area contributed by atoms with E-state index in [2.05, 4.69) is 10.1 Å². The van der Waals surface area contributed by atoms with Crippen LogP contribution in [0.1, 0.15) is 5.56 Å². The number of aromatic nitrogens is 3. The zero-order valence-corrected chi connectivity index (χ0v) is 18.4. The predicted octanol–water partition coefficient (Wildman–Crippen LogP) is 8.14. The van der Waals surface area contributed by atoms with Crippen LogP contribution < -0.4 is 0 Å². The normalized spacial score (nSPS) is 11.9. The number of thiophene rings is 1. The van der Waals surface area contributed by atoms with Gasteiger partial charge in [-0.25, -0.2) is 9.67 Å². The number of halogens is 5. The highest BCUT2D eigenvalue weighted by molar-refractivity contribution is 7.13.